The lowest BCUT2D eigenvalue weighted by Crippen LogP contribution is -2.34. The van der Waals surface area contributed by atoms with E-state index in [1.807, 2.05) is 20.1 Å². The number of amides is 1. The van der Waals surface area contributed by atoms with Gasteiger partial charge in [0, 0.05) is 11.4 Å². The van der Waals surface area contributed by atoms with Crippen molar-refractivity contribution in [1.82, 2.24) is 5.32 Å². The van der Waals surface area contributed by atoms with Gasteiger partial charge in [0.05, 0.1) is 21.7 Å². The SMILES string of the molecule is CSc1cc(C(=O)NCC(O)C(C)C)c(Cl)cc1Cl. The van der Waals surface area contributed by atoms with Gasteiger partial charge in [-0.2, -0.15) is 0 Å². The second-order valence-electron chi connectivity index (χ2n) is 4.49. The molecule has 0 saturated heterocycles. The van der Waals surface area contributed by atoms with Crippen LogP contribution in [0, 0.1) is 5.92 Å². The van der Waals surface area contributed by atoms with Crippen LogP contribution in [0.5, 0.6) is 0 Å². The Morgan fingerprint density at radius 1 is 1.37 bits per heavy atom. The van der Waals surface area contributed by atoms with Crippen LogP contribution in [0.15, 0.2) is 17.0 Å². The van der Waals surface area contributed by atoms with Crippen LogP contribution in [0.3, 0.4) is 0 Å². The van der Waals surface area contributed by atoms with Crippen LogP contribution in [-0.2, 0) is 0 Å². The molecule has 19 heavy (non-hydrogen) atoms. The third-order valence-electron chi connectivity index (χ3n) is 2.73. The molecule has 0 radical (unpaired) electrons. The summed E-state index contributed by atoms with van der Waals surface area (Å²) >= 11 is 13.5. The van der Waals surface area contributed by atoms with Crippen LogP contribution in [0.1, 0.15) is 24.2 Å². The van der Waals surface area contributed by atoms with Crippen LogP contribution < -0.4 is 5.32 Å². The highest BCUT2D eigenvalue weighted by Crippen LogP contribution is 2.31. The third-order valence-corrected chi connectivity index (χ3v) is 4.24. The van der Waals surface area contributed by atoms with E-state index < -0.39 is 6.10 Å². The third kappa shape index (κ3) is 4.56. The molecule has 3 nitrogen and oxygen atoms in total. The first kappa shape index (κ1) is 16.6. The molecule has 0 fully saturated rings. The maximum atomic E-state index is 12.0. The Hall–Kier alpha value is -0.420. The van der Waals surface area contributed by atoms with Crippen molar-refractivity contribution in [2.24, 2.45) is 5.92 Å². The largest absolute Gasteiger partial charge is 0.391 e. The highest BCUT2D eigenvalue weighted by Gasteiger charge is 2.16. The standard InChI is InChI=1S/C13H17Cl2NO2S/c1-7(2)11(17)6-16-13(18)8-4-12(19-3)10(15)5-9(8)14/h4-5,7,11,17H,6H2,1-3H3,(H,16,18). The quantitative estimate of drug-likeness (QED) is 0.816. The molecule has 106 valence electrons. The molecule has 0 saturated carbocycles. The summed E-state index contributed by atoms with van der Waals surface area (Å²) in [7, 11) is 0. The van der Waals surface area contributed by atoms with E-state index in [1.165, 1.54) is 11.8 Å². The molecule has 1 rings (SSSR count). The van der Waals surface area contributed by atoms with Crippen LogP contribution in [0.4, 0.5) is 0 Å². The Morgan fingerprint density at radius 2 is 2.00 bits per heavy atom. The topological polar surface area (TPSA) is 49.3 Å². The molecule has 0 aliphatic heterocycles. The summed E-state index contributed by atoms with van der Waals surface area (Å²) in [5, 5.41) is 13.2. The van der Waals surface area contributed by atoms with Crippen molar-refractivity contribution < 1.29 is 9.90 Å². The summed E-state index contributed by atoms with van der Waals surface area (Å²) in [5.74, 6) is -0.223. The Morgan fingerprint density at radius 3 is 2.53 bits per heavy atom. The van der Waals surface area contributed by atoms with E-state index in [4.69, 9.17) is 23.2 Å². The molecule has 1 unspecified atom stereocenters. The summed E-state index contributed by atoms with van der Waals surface area (Å²) in [6, 6.07) is 3.22. The molecule has 0 aliphatic rings. The van der Waals surface area contributed by atoms with Gasteiger partial charge >= 0.3 is 0 Å². The van der Waals surface area contributed by atoms with Gasteiger partial charge < -0.3 is 10.4 Å². The molecule has 1 aromatic rings. The smallest absolute Gasteiger partial charge is 0.252 e. The highest BCUT2D eigenvalue weighted by atomic mass is 35.5. The Balaban J connectivity index is 2.82. The summed E-state index contributed by atoms with van der Waals surface area (Å²) in [6.45, 7) is 3.97. The Labute approximate surface area is 127 Å². The van der Waals surface area contributed by atoms with E-state index in [2.05, 4.69) is 5.32 Å². The van der Waals surface area contributed by atoms with Crippen LogP contribution in [0.2, 0.25) is 10.0 Å². The number of halogens is 2. The molecule has 1 amide bonds. The highest BCUT2D eigenvalue weighted by molar-refractivity contribution is 7.98. The lowest BCUT2D eigenvalue weighted by atomic mass is 10.1. The van der Waals surface area contributed by atoms with Gasteiger partial charge in [0.15, 0.2) is 0 Å². The second-order valence-corrected chi connectivity index (χ2v) is 6.15. The predicted molar refractivity (Wildman–Crippen MR) is 81.4 cm³/mol. The van der Waals surface area contributed by atoms with Gasteiger partial charge in [-0.15, -0.1) is 11.8 Å². The van der Waals surface area contributed by atoms with Crippen molar-refractivity contribution in [3.05, 3.63) is 27.7 Å². The van der Waals surface area contributed by atoms with Crippen molar-refractivity contribution in [2.75, 3.05) is 12.8 Å². The summed E-state index contributed by atoms with van der Waals surface area (Å²) in [4.78, 5) is 12.8. The molecule has 1 atom stereocenters. The number of carbonyl (C=O) groups is 1. The summed E-state index contributed by atoms with van der Waals surface area (Å²) in [6.07, 6.45) is 1.30. The number of nitrogens with one attached hydrogen (secondary N) is 1. The number of benzene rings is 1. The van der Waals surface area contributed by atoms with E-state index in [9.17, 15) is 9.90 Å². The summed E-state index contributed by atoms with van der Waals surface area (Å²) in [5.41, 5.74) is 0.367. The molecule has 6 heteroatoms. The molecule has 2 N–H and O–H groups in total. The van der Waals surface area contributed by atoms with Gasteiger partial charge in [-0.25, -0.2) is 0 Å². The predicted octanol–water partition coefficient (Wildman–Crippen LogP) is 3.46. The van der Waals surface area contributed by atoms with Crippen LogP contribution >= 0.6 is 35.0 Å². The molecule has 0 bridgehead atoms. The van der Waals surface area contributed by atoms with E-state index in [0.29, 0.717) is 15.6 Å². The van der Waals surface area contributed by atoms with Gasteiger partial charge in [0.1, 0.15) is 0 Å². The van der Waals surface area contributed by atoms with Crippen LogP contribution in [-0.4, -0.2) is 29.9 Å². The summed E-state index contributed by atoms with van der Waals surface area (Å²) < 4.78 is 0. The fourth-order valence-corrected chi connectivity index (χ4v) is 2.58. The van der Waals surface area contributed by atoms with Crippen molar-refractivity contribution in [3.63, 3.8) is 0 Å². The maximum Gasteiger partial charge on any atom is 0.252 e. The van der Waals surface area contributed by atoms with Crippen molar-refractivity contribution in [2.45, 2.75) is 24.8 Å². The van der Waals surface area contributed by atoms with E-state index in [-0.39, 0.29) is 18.4 Å². The number of aliphatic hydroxyl groups excluding tert-OH is 1. The number of carbonyl (C=O) groups excluding carboxylic acids is 1. The van der Waals surface area contributed by atoms with E-state index >= 15 is 0 Å². The van der Waals surface area contributed by atoms with Gasteiger partial charge in [0.25, 0.3) is 5.91 Å². The van der Waals surface area contributed by atoms with Crippen molar-refractivity contribution in [1.29, 1.82) is 0 Å². The minimum Gasteiger partial charge on any atom is -0.391 e. The molecule has 1 aromatic carbocycles. The lowest BCUT2D eigenvalue weighted by Gasteiger charge is -2.15. The number of hydrogen-bond donors (Lipinski definition) is 2. The van der Waals surface area contributed by atoms with E-state index in [1.54, 1.807) is 12.1 Å². The van der Waals surface area contributed by atoms with Crippen molar-refractivity contribution >= 4 is 40.9 Å². The first-order valence-electron chi connectivity index (χ1n) is 5.86. The van der Waals surface area contributed by atoms with Gasteiger partial charge in [-0.05, 0) is 24.3 Å². The molecule has 0 spiro atoms. The minimum atomic E-state index is -0.574. The molecule has 0 heterocycles. The minimum absolute atomic E-state index is 0.0859. The van der Waals surface area contributed by atoms with Crippen LogP contribution in [0.25, 0.3) is 0 Å². The normalized spacial score (nSPS) is 12.6. The fourth-order valence-electron chi connectivity index (χ4n) is 1.39. The zero-order valence-electron chi connectivity index (χ0n) is 11.0. The average molecular weight is 322 g/mol. The van der Waals surface area contributed by atoms with Gasteiger partial charge in [-0.1, -0.05) is 37.0 Å². The number of aliphatic hydroxyl groups is 1. The Kier molecular flexibility index (Phi) is 6.47. The molecule has 0 aliphatic carbocycles. The first-order chi connectivity index (χ1) is 8.86. The molecular formula is C13H17Cl2NO2S. The number of rotatable bonds is 5. The lowest BCUT2D eigenvalue weighted by molar-refractivity contribution is 0.0871. The average Bonchev–Trinajstić information content (AvgIpc) is 2.35. The number of thioether (sulfide) groups is 1. The fraction of sp³-hybridized carbons (Fsp3) is 0.462. The zero-order chi connectivity index (χ0) is 14.6. The van der Waals surface area contributed by atoms with Gasteiger partial charge in [0.2, 0.25) is 0 Å². The zero-order valence-corrected chi connectivity index (χ0v) is 13.4. The van der Waals surface area contributed by atoms with Gasteiger partial charge in [-0.3, -0.25) is 4.79 Å². The van der Waals surface area contributed by atoms with Crippen molar-refractivity contribution in [3.8, 4) is 0 Å². The Bertz CT molecular complexity index is 466. The second kappa shape index (κ2) is 7.39. The monoisotopic (exact) mass is 321 g/mol. The van der Waals surface area contributed by atoms with E-state index in [0.717, 1.165) is 4.90 Å². The maximum absolute atomic E-state index is 12.0. The molecule has 0 aromatic heterocycles. The first-order valence-corrected chi connectivity index (χ1v) is 7.84. The number of hydrogen-bond acceptors (Lipinski definition) is 3. The molecular weight excluding hydrogens is 305 g/mol.